The molecule has 0 radical (unpaired) electrons. The number of nitrogens with zero attached hydrogens (tertiary/aromatic N) is 1. The first-order valence-corrected chi connectivity index (χ1v) is 8.07. The number of primary amides is 1. The van der Waals surface area contributed by atoms with Gasteiger partial charge in [-0.1, -0.05) is 12.1 Å². The minimum atomic E-state index is -1.10. The summed E-state index contributed by atoms with van der Waals surface area (Å²) in [4.78, 5) is 47.9. The molecule has 1 aliphatic heterocycles. The molecular weight excluding hydrogens is 340 g/mol. The zero-order chi connectivity index (χ0) is 19.3. The van der Waals surface area contributed by atoms with Crippen molar-refractivity contribution >= 4 is 23.8 Å². The number of rotatable bonds is 8. The molecule has 9 nitrogen and oxygen atoms in total. The number of carbonyl (C=O) groups excluding carboxylic acids is 4. The third kappa shape index (κ3) is 4.50. The molecule has 140 valence electrons. The van der Waals surface area contributed by atoms with E-state index in [2.05, 4.69) is 10.6 Å². The van der Waals surface area contributed by atoms with Gasteiger partial charge in [-0.3, -0.25) is 19.3 Å². The van der Waals surface area contributed by atoms with Gasteiger partial charge in [0.2, 0.25) is 11.8 Å². The summed E-state index contributed by atoms with van der Waals surface area (Å²) >= 11 is 0. The van der Waals surface area contributed by atoms with E-state index in [0.29, 0.717) is 12.8 Å². The van der Waals surface area contributed by atoms with Crippen molar-refractivity contribution in [2.24, 2.45) is 5.73 Å². The number of ether oxygens (including phenoxy) is 1. The van der Waals surface area contributed by atoms with E-state index in [0.717, 1.165) is 16.2 Å². The maximum atomic E-state index is 12.6. The van der Waals surface area contributed by atoms with Gasteiger partial charge >= 0.3 is 6.03 Å². The molecule has 26 heavy (non-hydrogen) atoms. The maximum Gasteiger partial charge on any atom is 0.325 e. The van der Waals surface area contributed by atoms with Crippen LogP contribution in [0.25, 0.3) is 0 Å². The van der Waals surface area contributed by atoms with Crippen LogP contribution in [0, 0.1) is 0 Å². The number of amides is 5. The lowest BCUT2D eigenvalue weighted by Crippen LogP contribution is -2.46. The average Bonchev–Trinajstić information content (AvgIpc) is 2.82. The SMILES string of the molecule is COc1ccc(CC[C@]2(C)NC(=O)N(CC(=O)NCC(N)=O)C2=O)cc1. The Hall–Kier alpha value is -3.10. The molecule has 4 N–H and O–H groups in total. The molecule has 0 bridgehead atoms. The van der Waals surface area contributed by atoms with Crippen molar-refractivity contribution in [1.29, 1.82) is 0 Å². The number of hydrogen-bond donors (Lipinski definition) is 3. The number of methoxy groups -OCH3 is 1. The van der Waals surface area contributed by atoms with E-state index in [9.17, 15) is 19.2 Å². The number of nitrogens with one attached hydrogen (secondary N) is 2. The summed E-state index contributed by atoms with van der Waals surface area (Å²) in [5, 5.41) is 4.88. The highest BCUT2D eigenvalue weighted by molar-refractivity contribution is 6.08. The van der Waals surface area contributed by atoms with E-state index < -0.39 is 35.8 Å². The van der Waals surface area contributed by atoms with Crippen LogP contribution in [0.5, 0.6) is 5.75 Å². The highest BCUT2D eigenvalue weighted by Crippen LogP contribution is 2.23. The first-order chi connectivity index (χ1) is 12.2. The van der Waals surface area contributed by atoms with Crippen LogP contribution < -0.4 is 21.1 Å². The number of imide groups is 1. The summed E-state index contributed by atoms with van der Waals surface area (Å²) in [6.45, 7) is 0.811. The Morgan fingerprint density at radius 3 is 2.50 bits per heavy atom. The van der Waals surface area contributed by atoms with Crippen LogP contribution in [0.1, 0.15) is 18.9 Å². The fraction of sp³-hybridized carbons (Fsp3) is 0.412. The summed E-state index contributed by atoms with van der Waals surface area (Å²) in [6.07, 6.45) is 0.942. The lowest BCUT2D eigenvalue weighted by Gasteiger charge is -2.21. The molecule has 0 aliphatic carbocycles. The molecule has 1 aromatic carbocycles. The first kappa shape index (κ1) is 19.2. The van der Waals surface area contributed by atoms with Gasteiger partial charge in [0.25, 0.3) is 5.91 Å². The second-order valence-electron chi connectivity index (χ2n) is 6.24. The molecule has 1 atom stereocenters. The monoisotopic (exact) mass is 362 g/mol. The Balaban J connectivity index is 1.96. The Bertz CT molecular complexity index is 718. The number of nitrogens with two attached hydrogens (primary N) is 1. The minimum Gasteiger partial charge on any atom is -0.497 e. The van der Waals surface area contributed by atoms with E-state index in [1.807, 2.05) is 24.3 Å². The molecule has 1 saturated heterocycles. The third-order valence-corrected chi connectivity index (χ3v) is 4.18. The topological polar surface area (TPSA) is 131 Å². The Morgan fingerprint density at radius 1 is 1.27 bits per heavy atom. The fourth-order valence-electron chi connectivity index (χ4n) is 2.63. The smallest absolute Gasteiger partial charge is 0.325 e. The molecule has 2 rings (SSSR count). The Morgan fingerprint density at radius 2 is 1.92 bits per heavy atom. The number of urea groups is 1. The molecule has 5 amide bonds. The molecule has 1 aromatic rings. The van der Waals surface area contributed by atoms with Gasteiger partial charge in [0.15, 0.2) is 0 Å². The van der Waals surface area contributed by atoms with E-state index in [1.54, 1.807) is 14.0 Å². The van der Waals surface area contributed by atoms with Crippen LogP contribution in [0.15, 0.2) is 24.3 Å². The predicted octanol–water partition coefficient (Wildman–Crippen LogP) is -0.460. The second kappa shape index (κ2) is 7.85. The van der Waals surface area contributed by atoms with Crippen molar-refractivity contribution in [1.82, 2.24) is 15.5 Å². The van der Waals surface area contributed by atoms with Crippen molar-refractivity contribution in [3.05, 3.63) is 29.8 Å². The second-order valence-corrected chi connectivity index (χ2v) is 6.24. The zero-order valence-corrected chi connectivity index (χ0v) is 14.7. The molecule has 9 heteroatoms. The lowest BCUT2D eigenvalue weighted by atomic mass is 9.93. The van der Waals surface area contributed by atoms with E-state index >= 15 is 0 Å². The molecule has 1 aliphatic rings. The maximum absolute atomic E-state index is 12.6. The van der Waals surface area contributed by atoms with Gasteiger partial charge in [-0.15, -0.1) is 0 Å². The number of aryl methyl sites for hydroxylation is 1. The molecule has 0 aromatic heterocycles. The third-order valence-electron chi connectivity index (χ3n) is 4.18. The standard InChI is InChI=1S/C17H22N4O5/c1-17(8-7-11-3-5-12(26-2)6-4-11)15(24)21(16(25)20-17)10-14(23)19-9-13(18)22/h3-6H,7-10H2,1-2H3,(H2,18,22)(H,19,23)(H,20,25)/t17-/m0/s1. The lowest BCUT2D eigenvalue weighted by molar-refractivity contribution is -0.134. The minimum absolute atomic E-state index is 0.350. The Labute approximate surface area is 150 Å². The summed E-state index contributed by atoms with van der Waals surface area (Å²) in [7, 11) is 1.58. The summed E-state index contributed by atoms with van der Waals surface area (Å²) < 4.78 is 5.10. The van der Waals surface area contributed by atoms with Gasteiger partial charge in [-0.2, -0.15) is 0 Å². The highest BCUT2D eigenvalue weighted by Gasteiger charge is 2.47. The number of benzene rings is 1. The normalized spacial score (nSPS) is 19.2. The fourth-order valence-corrected chi connectivity index (χ4v) is 2.63. The van der Waals surface area contributed by atoms with Crippen LogP contribution in [-0.2, 0) is 20.8 Å². The van der Waals surface area contributed by atoms with Gasteiger partial charge in [-0.05, 0) is 37.5 Å². The van der Waals surface area contributed by atoms with Crippen molar-refractivity contribution in [2.75, 3.05) is 20.2 Å². The average molecular weight is 362 g/mol. The Kier molecular flexibility index (Phi) is 5.81. The van der Waals surface area contributed by atoms with E-state index in [1.165, 1.54) is 0 Å². The van der Waals surface area contributed by atoms with Gasteiger partial charge in [0.05, 0.1) is 13.7 Å². The number of carbonyl (C=O) groups is 4. The van der Waals surface area contributed by atoms with Gasteiger partial charge in [0.1, 0.15) is 17.8 Å². The summed E-state index contributed by atoms with van der Waals surface area (Å²) in [5.74, 6) is -1.09. The van der Waals surface area contributed by atoms with E-state index in [4.69, 9.17) is 10.5 Å². The van der Waals surface area contributed by atoms with Crippen LogP contribution in [-0.4, -0.2) is 54.4 Å². The summed E-state index contributed by atoms with van der Waals surface area (Å²) in [6, 6.07) is 6.78. The van der Waals surface area contributed by atoms with Crippen LogP contribution in [0.2, 0.25) is 0 Å². The van der Waals surface area contributed by atoms with E-state index in [-0.39, 0.29) is 6.54 Å². The van der Waals surface area contributed by atoms with Crippen molar-refractivity contribution in [3.8, 4) is 5.75 Å². The molecule has 0 spiro atoms. The molecular formula is C17H22N4O5. The molecule has 1 fully saturated rings. The van der Waals surface area contributed by atoms with Crippen molar-refractivity contribution in [3.63, 3.8) is 0 Å². The zero-order valence-electron chi connectivity index (χ0n) is 14.7. The van der Waals surface area contributed by atoms with Crippen molar-refractivity contribution in [2.45, 2.75) is 25.3 Å². The largest absolute Gasteiger partial charge is 0.497 e. The van der Waals surface area contributed by atoms with Crippen LogP contribution in [0.4, 0.5) is 4.79 Å². The highest BCUT2D eigenvalue weighted by atomic mass is 16.5. The molecule has 1 heterocycles. The van der Waals surface area contributed by atoms with Crippen molar-refractivity contribution < 1.29 is 23.9 Å². The molecule has 0 unspecified atom stereocenters. The quantitative estimate of drug-likeness (QED) is 0.539. The van der Waals surface area contributed by atoms with Gasteiger partial charge in [-0.25, -0.2) is 4.79 Å². The van der Waals surface area contributed by atoms with Crippen LogP contribution in [0.3, 0.4) is 0 Å². The number of hydrogen-bond acceptors (Lipinski definition) is 5. The first-order valence-electron chi connectivity index (χ1n) is 8.07. The molecule has 0 saturated carbocycles. The van der Waals surface area contributed by atoms with Gasteiger partial charge in [0, 0.05) is 0 Å². The van der Waals surface area contributed by atoms with Crippen LogP contribution >= 0.6 is 0 Å². The summed E-state index contributed by atoms with van der Waals surface area (Å²) in [5.41, 5.74) is 4.83. The van der Waals surface area contributed by atoms with Gasteiger partial charge < -0.3 is 21.1 Å². The predicted molar refractivity (Wildman–Crippen MR) is 92.2 cm³/mol.